The van der Waals surface area contributed by atoms with Gasteiger partial charge in [-0.05, 0) is 50.4 Å². The van der Waals surface area contributed by atoms with Gasteiger partial charge in [0, 0.05) is 11.1 Å². The van der Waals surface area contributed by atoms with Crippen molar-refractivity contribution in [3.05, 3.63) is 0 Å². The third kappa shape index (κ3) is 3.34. The molecule has 4 aliphatic rings. The lowest BCUT2D eigenvalue weighted by molar-refractivity contribution is -0.197. The van der Waals surface area contributed by atoms with Crippen molar-refractivity contribution in [2.45, 2.75) is 56.1 Å². The van der Waals surface area contributed by atoms with Gasteiger partial charge in [0.1, 0.15) is 0 Å². The van der Waals surface area contributed by atoms with Crippen LogP contribution in [0.15, 0.2) is 0 Å². The zero-order valence-corrected chi connectivity index (χ0v) is 16.0. The molecule has 0 aliphatic heterocycles. The number of carbonyl (C=O) groups is 2. The first-order chi connectivity index (χ1) is 12.9. The van der Waals surface area contributed by atoms with Gasteiger partial charge in [0.15, 0.2) is 0 Å². The highest BCUT2D eigenvalue weighted by Gasteiger charge is 2.64. The van der Waals surface area contributed by atoms with Gasteiger partial charge in [0.2, 0.25) is 0 Å². The Bertz CT molecular complexity index is 683. The van der Waals surface area contributed by atoms with Crippen LogP contribution in [0.5, 0.6) is 0 Å². The van der Waals surface area contributed by atoms with Gasteiger partial charge in [-0.3, -0.25) is 13.8 Å². The quantitative estimate of drug-likeness (QED) is 0.351. The first kappa shape index (κ1) is 21.5. The summed E-state index contributed by atoms with van der Waals surface area (Å²) in [4.78, 5) is 25.0. The zero-order chi connectivity index (χ0) is 21.0. The molecule has 0 aromatic heterocycles. The average Bonchev–Trinajstić information content (AvgIpc) is 2.59. The predicted molar refractivity (Wildman–Crippen MR) is 86.0 cm³/mol. The summed E-state index contributed by atoms with van der Waals surface area (Å²) in [5.41, 5.74) is -1.81. The van der Waals surface area contributed by atoms with E-state index in [-0.39, 0.29) is 18.3 Å². The lowest BCUT2D eigenvalue weighted by Crippen LogP contribution is -2.58. The van der Waals surface area contributed by atoms with Crippen LogP contribution in [0.4, 0.5) is 17.6 Å². The van der Waals surface area contributed by atoms with Crippen molar-refractivity contribution in [3.63, 3.8) is 0 Å². The maximum Gasteiger partial charge on any atom is 0.371 e. The first-order valence-corrected chi connectivity index (χ1v) is 10.1. The molecule has 160 valence electrons. The SMILES string of the molecule is COC(=O)C12CC3CC(C1)CC(C(=O)OCCC(F)(F)C(F)(F)S(=O)[O-])(C3)C2. The van der Waals surface area contributed by atoms with Gasteiger partial charge in [0.25, 0.3) is 0 Å². The highest BCUT2D eigenvalue weighted by Crippen LogP contribution is 2.66. The Morgan fingerprint density at radius 2 is 1.57 bits per heavy atom. The second-order valence-corrected chi connectivity index (χ2v) is 9.34. The number of hydrogen-bond acceptors (Lipinski definition) is 6. The number of methoxy groups -OCH3 is 1. The maximum atomic E-state index is 13.5. The number of carbonyl (C=O) groups excluding carboxylic acids is 2. The summed E-state index contributed by atoms with van der Waals surface area (Å²) in [5, 5.41) is -5.25. The largest absolute Gasteiger partial charge is 0.768 e. The van der Waals surface area contributed by atoms with Crippen LogP contribution in [0.1, 0.15) is 44.9 Å². The van der Waals surface area contributed by atoms with Gasteiger partial charge < -0.3 is 14.0 Å². The smallest absolute Gasteiger partial charge is 0.371 e. The van der Waals surface area contributed by atoms with Gasteiger partial charge >= 0.3 is 23.1 Å². The third-order valence-electron chi connectivity index (χ3n) is 6.40. The summed E-state index contributed by atoms with van der Waals surface area (Å²) in [5.74, 6) is -5.84. The molecule has 4 fully saturated rings. The standard InChI is InChI=1S/C17H22F4O6S/c1-26-12(22)14-5-10-4-11(6-14)8-15(7-10,9-14)13(23)27-3-2-16(18,19)17(20,21)28(24)25/h10-11H,2-9H2,1H3,(H,24,25)/p-1. The van der Waals surface area contributed by atoms with Gasteiger partial charge in [-0.15, -0.1) is 0 Å². The molecule has 4 bridgehead atoms. The van der Waals surface area contributed by atoms with Crippen molar-refractivity contribution in [1.82, 2.24) is 0 Å². The van der Waals surface area contributed by atoms with Gasteiger partial charge in [-0.25, -0.2) is 0 Å². The van der Waals surface area contributed by atoms with E-state index in [1.807, 2.05) is 0 Å². The normalized spacial score (nSPS) is 35.5. The molecule has 0 aromatic carbocycles. The highest BCUT2D eigenvalue weighted by molar-refractivity contribution is 7.80. The van der Waals surface area contributed by atoms with E-state index in [0.717, 1.165) is 6.42 Å². The minimum atomic E-state index is -5.25. The van der Waals surface area contributed by atoms with Crippen molar-refractivity contribution in [2.24, 2.45) is 22.7 Å². The number of hydrogen-bond donors (Lipinski definition) is 0. The molecule has 0 heterocycles. The maximum absolute atomic E-state index is 13.5. The minimum Gasteiger partial charge on any atom is -0.768 e. The molecule has 0 spiro atoms. The molecule has 11 heteroatoms. The highest BCUT2D eigenvalue weighted by atomic mass is 32.2. The Morgan fingerprint density at radius 1 is 1.07 bits per heavy atom. The molecule has 0 radical (unpaired) electrons. The fraction of sp³-hybridized carbons (Fsp3) is 0.882. The molecule has 4 rings (SSSR count). The Labute approximate surface area is 161 Å². The van der Waals surface area contributed by atoms with E-state index in [4.69, 9.17) is 9.47 Å². The van der Waals surface area contributed by atoms with Crippen LogP contribution in [-0.4, -0.2) is 45.6 Å². The van der Waals surface area contributed by atoms with Crippen molar-refractivity contribution in [2.75, 3.05) is 13.7 Å². The second-order valence-electron chi connectivity index (χ2n) is 8.36. The molecule has 0 saturated heterocycles. The monoisotopic (exact) mass is 429 g/mol. The molecule has 0 N–H and O–H groups in total. The Hall–Kier alpha value is -1.23. The number of esters is 2. The third-order valence-corrected chi connectivity index (χ3v) is 7.11. The molecule has 0 aromatic rings. The van der Waals surface area contributed by atoms with Crippen LogP contribution in [0.2, 0.25) is 0 Å². The summed E-state index contributed by atoms with van der Waals surface area (Å²) >= 11 is -4.31. The van der Waals surface area contributed by atoms with Crippen molar-refractivity contribution < 1.29 is 45.4 Å². The molecule has 6 nitrogen and oxygen atoms in total. The molecule has 4 aliphatic carbocycles. The lowest BCUT2D eigenvalue weighted by atomic mass is 9.44. The van der Waals surface area contributed by atoms with E-state index >= 15 is 0 Å². The van der Waals surface area contributed by atoms with Crippen molar-refractivity contribution in [1.29, 1.82) is 0 Å². The van der Waals surface area contributed by atoms with Crippen LogP contribution in [0.25, 0.3) is 0 Å². The van der Waals surface area contributed by atoms with E-state index in [2.05, 4.69) is 0 Å². The van der Waals surface area contributed by atoms with E-state index in [1.54, 1.807) is 0 Å². The van der Waals surface area contributed by atoms with Gasteiger partial charge in [-0.2, -0.15) is 17.6 Å². The fourth-order valence-corrected chi connectivity index (χ4v) is 6.00. The summed E-state index contributed by atoms with van der Waals surface area (Å²) in [6.45, 7) is -1.04. The molecule has 3 atom stereocenters. The van der Waals surface area contributed by atoms with Crippen LogP contribution in [0.3, 0.4) is 0 Å². The van der Waals surface area contributed by atoms with Gasteiger partial charge in [0.05, 0.1) is 31.0 Å². The zero-order valence-electron chi connectivity index (χ0n) is 15.2. The predicted octanol–water partition coefficient (Wildman–Crippen LogP) is 2.79. The van der Waals surface area contributed by atoms with Crippen LogP contribution < -0.4 is 0 Å². The Balaban J connectivity index is 1.68. The average molecular weight is 429 g/mol. The summed E-state index contributed by atoms with van der Waals surface area (Å²) in [6.07, 6.45) is 1.56. The molecule has 3 unspecified atom stereocenters. The molecular weight excluding hydrogens is 408 g/mol. The summed E-state index contributed by atoms with van der Waals surface area (Å²) in [6, 6.07) is 0. The van der Waals surface area contributed by atoms with Gasteiger partial charge in [-0.1, -0.05) is 0 Å². The summed E-state index contributed by atoms with van der Waals surface area (Å²) in [7, 11) is 1.27. The molecule has 28 heavy (non-hydrogen) atoms. The second kappa shape index (κ2) is 6.93. The molecule has 0 amide bonds. The lowest BCUT2D eigenvalue weighted by Gasteiger charge is -2.59. The van der Waals surface area contributed by atoms with Crippen LogP contribution in [-0.2, 0) is 30.1 Å². The van der Waals surface area contributed by atoms with E-state index < -0.39 is 58.1 Å². The molecule has 4 saturated carbocycles. The first-order valence-electron chi connectivity index (χ1n) is 8.98. The number of rotatable bonds is 7. The summed E-state index contributed by atoms with van der Waals surface area (Å²) < 4.78 is 83.6. The molecular formula is C17H21F4O6S-. The number of alkyl halides is 4. The number of ether oxygens (including phenoxy) is 2. The minimum absolute atomic E-state index is 0.113. The fourth-order valence-electron chi connectivity index (χ4n) is 5.65. The van der Waals surface area contributed by atoms with E-state index in [1.165, 1.54) is 7.11 Å². The Kier molecular flexibility index (Phi) is 5.31. The van der Waals surface area contributed by atoms with E-state index in [9.17, 15) is 35.9 Å². The van der Waals surface area contributed by atoms with Crippen LogP contribution >= 0.6 is 0 Å². The van der Waals surface area contributed by atoms with E-state index in [0.29, 0.717) is 25.7 Å². The topological polar surface area (TPSA) is 92.7 Å². The number of halogens is 4. The van der Waals surface area contributed by atoms with Crippen LogP contribution in [0, 0.1) is 22.7 Å². The van der Waals surface area contributed by atoms with Crippen molar-refractivity contribution in [3.8, 4) is 0 Å². The Morgan fingerprint density at radius 3 is 2.04 bits per heavy atom. The van der Waals surface area contributed by atoms with Crippen molar-refractivity contribution >= 4 is 23.0 Å².